The molecule has 0 aromatic heterocycles. The van der Waals surface area contributed by atoms with Gasteiger partial charge in [-0.05, 0) is 37.6 Å². The van der Waals surface area contributed by atoms with Crippen molar-refractivity contribution >= 4 is 24.0 Å². The third kappa shape index (κ3) is 7.64. The zero-order valence-corrected chi connectivity index (χ0v) is 19.1. The number of anilines is 1. The summed E-state index contributed by atoms with van der Waals surface area (Å²) in [5, 5.41) is 12.6. The first-order chi connectivity index (χ1) is 14.7. The van der Waals surface area contributed by atoms with Gasteiger partial charge in [0.1, 0.15) is 11.5 Å². The van der Waals surface area contributed by atoms with Crippen molar-refractivity contribution < 1.29 is 14.6 Å². The molecule has 0 saturated carbocycles. The first-order valence-electron chi connectivity index (χ1n) is 10.8. The van der Waals surface area contributed by atoms with Crippen molar-refractivity contribution in [3.8, 4) is 11.5 Å². The number of methoxy groups -OCH3 is 1. The Morgan fingerprint density at radius 2 is 1.71 bits per heavy atom. The average molecular weight is 448 g/mol. The maximum absolute atomic E-state index is 12.0. The van der Waals surface area contributed by atoms with Gasteiger partial charge in [0.05, 0.1) is 12.8 Å². The predicted molar refractivity (Wildman–Crippen MR) is 127 cm³/mol. The lowest BCUT2D eigenvalue weighted by atomic mass is 10.1. The smallest absolute Gasteiger partial charge is 0.220 e. The van der Waals surface area contributed by atoms with Crippen LogP contribution in [-0.2, 0) is 11.3 Å². The van der Waals surface area contributed by atoms with Crippen molar-refractivity contribution in [2.45, 2.75) is 32.2 Å². The van der Waals surface area contributed by atoms with Crippen LogP contribution in [0.2, 0.25) is 0 Å². The second-order valence-electron chi connectivity index (χ2n) is 7.72. The minimum Gasteiger partial charge on any atom is -0.508 e. The largest absolute Gasteiger partial charge is 0.508 e. The molecule has 0 bridgehead atoms. The molecule has 3 rings (SSSR count). The number of nitrogens with one attached hydrogen (secondary N) is 1. The molecule has 0 atom stereocenters. The number of rotatable bonds is 10. The van der Waals surface area contributed by atoms with Crippen molar-refractivity contribution in [2.75, 3.05) is 44.7 Å². The summed E-state index contributed by atoms with van der Waals surface area (Å²) in [7, 11) is 1.72. The van der Waals surface area contributed by atoms with Crippen LogP contribution in [0.25, 0.3) is 0 Å². The number of ether oxygens (including phenoxy) is 1. The van der Waals surface area contributed by atoms with Gasteiger partial charge in [0, 0.05) is 44.7 Å². The standard InChI is InChI=1S/C24H33N3O3.ClH/c1-30-23-12-7-5-10-21(23)27-17-15-26(16-18-27)14-8-2-3-13-24(29)25-19-20-9-4-6-11-22(20)28;/h4-7,9-12,28H,2-3,8,13-19H2,1H3,(H,25,29);1H. The van der Waals surface area contributed by atoms with Gasteiger partial charge in [0.2, 0.25) is 5.91 Å². The highest BCUT2D eigenvalue weighted by molar-refractivity contribution is 5.85. The molecule has 7 heteroatoms. The lowest BCUT2D eigenvalue weighted by Crippen LogP contribution is -2.46. The topological polar surface area (TPSA) is 65.0 Å². The molecular formula is C24H34ClN3O3. The number of para-hydroxylation sites is 3. The Morgan fingerprint density at radius 3 is 2.45 bits per heavy atom. The summed E-state index contributed by atoms with van der Waals surface area (Å²) in [6, 6.07) is 15.3. The molecule has 31 heavy (non-hydrogen) atoms. The summed E-state index contributed by atoms with van der Waals surface area (Å²) in [6.45, 7) is 5.59. The number of unbranched alkanes of at least 4 members (excludes halogenated alkanes) is 2. The van der Waals surface area contributed by atoms with Gasteiger partial charge in [-0.25, -0.2) is 0 Å². The van der Waals surface area contributed by atoms with Gasteiger partial charge in [-0.2, -0.15) is 0 Å². The fraction of sp³-hybridized carbons (Fsp3) is 0.458. The summed E-state index contributed by atoms with van der Waals surface area (Å²) in [5.41, 5.74) is 1.92. The van der Waals surface area contributed by atoms with Crippen molar-refractivity contribution in [1.29, 1.82) is 0 Å². The number of piperazine rings is 1. The molecule has 1 fully saturated rings. The SMILES string of the molecule is COc1ccccc1N1CCN(CCCCCC(=O)NCc2ccccc2O)CC1.Cl. The zero-order chi connectivity index (χ0) is 21.2. The molecule has 0 spiro atoms. The van der Waals surface area contributed by atoms with E-state index >= 15 is 0 Å². The van der Waals surface area contributed by atoms with E-state index in [1.54, 1.807) is 19.2 Å². The van der Waals surface area contributed by atoms with Crippen LogP contribution in [0.15, 0.2) is 48.5 Å². The summed E-state index contributed by atoms with van der Waals surface area (Å²) in [4.78, 5) is 16.9. The van der Waals surface area contributed by atoms with Crippen LogP contribution in [0.3, 0.4) is 0 Å². The van der Waals surface area contributed by atoms with Crippen LogP contribution in [0, 0.1) is 0 Å². The van der Waals surface area contributed by atoms with E-state index in [4.69, 9.17) is 4.74 Å². The van der Waals surface area contributed by atoms with Gasteiger partial charge in [-0.3, -0.25) is 9.69 Å². The van der Waals surface area contributed by atoms with Gasteiger partial charge in [-0.1, -0.05) is 36.8 Å². The number of carbonyl (C=O) groups excluding carboxylic acids is 1. The van der Waals surface area contributed by atoms with Crippen LogP contribution in [0.1, 0.15) is 31.2 Å². The Kier molecular flexibility index (Phi) is 10.5. The van der Waals surface area contributed by atoms with E-state index in [1.807, 2.05) is 24.3 Å². The lowest BCUT2D eigenvalue weighted by Gasteiger charge is -2.36. The molecule has 1 aliphatic rings. The van der Waals surface area contributed by atoms with Crippen LogP contribution < -0.4 is 15.0 Å². The summed E-state index contributed by atoms with van der Waals surface area (Å²) >= 11 is 0. The summed E-state index contributed by atoms with van der Waals surface area (Å²) in [5.74, 6) is 1.21. The number of halogens is 1. The monoisotopic (exact) mass is 447 g/mol. The molecule has 6 nitrogen and oxygen atoms in total. The first-order valence-corrected chi connectivity index (χ1v) is 10.8. The van der Waals surface area contributed by atoms with Crippen LogP contribution in [0.4, 0.5) is 5.69 Å². The molecule has 1 saturated heterocycles. The molecule has 1 aliphatic heterocycles. The molecule has 0 radical (unpaired) electrons. The summed E-state index contributed by atoms with van der Waals surface area (Å²) < 4.78 is 5.48. The second kappa shape index (κ2) is 13.1. The molecule has 1 amide bonds. The molecule has 0 unspecified atom stereocenters. The normalized spacial score (nSPS) is 14.0. The number of aromatic hydroxyl groups is 1. The minimum atomic E-state index is 0. The Bertz CT molecular complexity index is 810. The van der Waals surface area contributed by atoms with Gasteiger partial charge in [0.25, 0.3) is 0 Å². The quantitative estimate of drug-likeness (QED) is 0.542. The number of benzene rings is 2. The molecule has 1 heterocycles. The fourth-order valence-corrected chi connectivity index (χ4v) is 3.84. The molecule has 2 aromatic rings. The predicted octanol–water partition coefficient (Wildman–Crippen LogP) is 3.82. The number of phenols is 1. The van der Waals surface area contributed by atoms with Crippen molar-refractivity contribution in [3.63, 3.8) is 0 Å². The second-order valence-corrected chi connectivity index (χ2v) is 7.72. The van der Waals surface area contributed by atoms with E-state index in [-0.39, 0.29) is 24.1 Å². The van der Waals surface area contributed by atoms with E-state index in [9.17, 15) is 9.90 Å². The van der Waals surface area contributed by atoms with Gasteiger partial charge in [-0.15, -0.1) is 12.4 Å². The van der Waals surface area contributed by atoms with E-state index in [2.05, 4.69) is 27.2 Å². The Hall–Kier alpha value is -2.44. The third-order valence-corrected chi connectivity index (χ3v) is 5.64. The first kappa shape index (κ1) is 24.8. The molecule has 170 valence electrons. The van der Waals surface area contributed by atoms with Crippen LogP contribution in [0.5, 0.6) is 11.5 Å². The van der Waals surface area contributed by atoms with Gasteiger partial charge < -0.3 is 20.1 Å². The third-order valence-electron chi connectivity index (χ3n) is 5.64. The number of hydrogen-bond acceptors (Lipinski definition) is 5. The zero-order valence-electron chi connectivity index (χ0n) is 18.3. The highest BCUT2D eigenvalue weighted by atomic mass is 35.5. The fourth-order valence-electron chi connectivity index (χ4n) is 3.84. The molecule has 2 N–H and O–H groups in total. The maximum atomic E-state index is 12.0. The molecular weight excluding hydrogens is 414 g/mol. The van der Waals surface area contributed by atoms with E-state index in [1.165, 1.54) is 5.69 Å². The number of carbonyl (C=O) groups is 1. The van der Waals surface area contributed by atoms with Crippen LogP contribution >= 0.6 is 12.4 Å². The van der Waals surface area contributed by atoms with Gasteiger partial charge in [0.15, 0.2) is 0 Å². The summed E-state index contributed by atoms with van der Waals surface area (Å²) in [6.07, 6.45) is 3.60. The van der Waals surface area contributed by atoms with E-state index in [0.29, 0.717) is 13.0 Å². The van der Waals surface area contributed by atoms with E-state index in [0.717, 1.165) is 63.3 Å². The molecule has 0 aliphatic carbocycles. The van der Waals surface area contributed by atoms with Crippen molar-refractivity contribution in [2.24, 2.45) is 0 Å². The van der Waals surface area contributed by atoms with Crippen LogP contribution in [-0.4, -0.2) is 55.7 Å². The average Bonchev–Trinajstić information content (AvgIpc) is 2.78. The number of phenolic OH excluding ortho intramolecular Hbond substituents is 1. The Labute approximate surface area is 191 Å². The lowest BCUT2D eigenvalue weighted by molar-refractivity contribution is -0.121. The highest BCUT2D eigenvalue weighted by Crippen LogP contribution is 2.28. The van der Waals surface area contributed by atoms with E-state index < -0.39 is 0 Å². The number of hydrogen-bond donors (Lipinski definition) is 2. The highest BCUT2D eigenvalue weighted by Gasteiger charge is 2.19. The van der Waals surface area contributed by atoms with Crippen molar-refractivity contribution in [3.05, 3.63) is 54.1 Å². The van der Waals surface area contributed by atoms with Crippen molar-refractivity contribution in [1.82, 2.24) is 10.2 Å². The molecule has 2 aromatic carbocycles. The van der Waals surface area contributed by atoms with Gasteiger partial charge >= 0.3 is 0 Å². The number of nitrogens with zero attached hydrogens (tertiary/aromatic N) is 2. The minimum absolute atomic E-state index is 0. The number of amides is 1. The maximum Gasteiger partial charge on any atom is 0.220 e. The Morgan fingerprint density at radius 1 is 1.00 bits per heavy atom. The Balaban J connectivity index is 0.00000341.